The lowest BCUT2D eigenvalue weighted by atomic mass is 9.88. The van der Waals surface area contributed by atoms with Gasteiger partial charge in [-0.1, -0.05) is 38.1 Å². The normalized spacial score (nSPS) is 17.4. The summed E-state index contributed by atoms with van der Waals surface area (Å²) in [6.07, 6.45) is 7.23. The number of hydrogen-bond acceptors (Lipinski definition) is 1. The van der Waals surface area contributed by atoms with E-state index in [1.165, 1.54) is 31.2 Å². The third-order valence-corrected chi connectivity index (χ3v) is 4.26. The van der Waals surface area contributed by atoms with Crippen molar-refractivity contribution in [2.75, 3.05) is 0 Å². The number of hydrogen-bond donors (Lipinski definition) is 1. The predicted octanol–water partition coefficient (Wildman–Crippen LogP) is 4.01. The molecule has 2 rings (SSSR count). The standard InChI is InChI=1S/C16H25N/c1-3-13(4-2)15-8-6-5-7-14(15)9-10-16(17)11-12-16/h5-8,13H,3-4,9-12,17H2,1-2H3. The Morgan fingerprint density at radius 2 is 1.82 bits per heavy atom. The van der Waals surface area contributed by atoms with Crippen LogP contribution < -0.4 is 5.73 Å². The fraction of sp³-hybridized carbons (Fsp3) is 0.625. The number of nitrogens with two attached hydrogens (primary N) is 1. The topological polar surface area (TPSA) is 26.0 Å². The quantitative estimate of drug-likeness (QED) is 0.786. The Morgan fingerprint density at radius 3 is 2.41 bits per heavy atom. The molecule has 0 bridgehead atoms. The van der Waals surface area contributed by atoms with Crippen LogP contribution in [0.4, 0.5) is 0 Å². The fourth-order valence-electron chi connectivity index (χ4n) is 2.68. The summed E-state index contributed by atoms with van der Waals surface area (Å²) in [6.45, 7) is 4.58. The molecule has 0 heterocycles. The van der Waals surface area contributed by atoms with Gasteiger partial charge in [-0.3, -0.25) is 0 Å². The average molecular weight is 231 g/mol. The van der Waals surface area contributed by atoms with Crippen molar-refractivity contribution in [1.82, 2.24) is 0 Å². The molecule has 17 heavy (non-hydrogen) atoms. The van der Waals surface area contributed by atoms with Gasteiger partial charge in [0.2, 0.25) is 0 Å². The lowest BCUT2D eigenvalue weighted by Crippen LogP contribution is -2.22. The van der Waals surface area contributed by atoms with Crippen LogP contribution in [0.3, 0.4) is 0 Å². The minimum atomic E-state index is 0.182. The highest BCUT2D eigenvalue weighted by atomic mass is 14.8. The maximum Gasteiger partial charge on any atom is 0.0158 e. The van der Waals surface area contributed by atoms with Crippen molar-refractivity contribution in [3.8, 4) is 0 Å². The summed E-state index contributed by atoms with van der Waals surface area (Å²) in [5, 5.41) is 0. The van der Waals surface area contributed by atoms with Crippen LogP contribution in [0.15, 0.2) is 24.3 Å². The highest BCUT2D eigenvalue weighted by Gasteiger charge is 2.37. The lowest BCUT2D eigenvalue weighted by Gasteiger charge is -2.18. The largest absolute Gasteiger partial charge is 0.325 e. The predicted molar refractivity (Wildman–Crippen MR) is 74.2 cm³/mol. The highest BCUT2D eigenvalue weighted by Crippen LogP contribution is 2.37. The molecule has 1 fully saturated rings. The van der Waals surface area contributed by atoms with Gasteiger partial charge in [-0.25, -0.2) is 0 Å². The molecule has 1 heteroatoms. The first kappa shape index (κ1) is 12.6. The van der Waals surface area contributed by atoms with Gasteiger partial charge in [0.25, 0.3) is 0 Å². The maximum atomic E-state index is 6.19. The molecule has 0 radical (unpaired) electrons. The molecule has 94 valence electrons. The molecule has 0 atom stereocenters. The summed E-state index contributed by atoms with van der Waals surface area (Å²) in [6, 6.07) is 8.94. The first-order chi connectivity index (χ1) is 8.18. The van der Waals surface area contributed by atoms with E-state index in [2.05, 4.69) is 38.1 Å². The fourth-order valence-corrected chi connectivity index (χ4v) is 2.68. The summed E-state index contributed by atoms with van der Waals surface area (Å²) < 4.78 is 0. The van der Waals surface area contributed by atoms with Crippen LogP contribution in [0, 0.1) is 0 Å². The van der Waals surface area contributed by atoms with E-state index in [1.54, 1.807) is 5.56 Å². The lowest BCUT2D eigenvalue weighted by molar-refractivity contribution is 0.593. The van der Waals surface area contributed by atoms with Crippen LogP contribution in [0.2, 0.25) is 0 Å². The van der Waals surface area contributed by atoms with Gasteiger partial charge in [-0.05, 0) is 55.6 Å². The van der Waals surface area contributed by atoms with Gasteiger partial charge in [-0.2, -0.15) is 0 Å². The van der Waals surface area contributed by atoms with Crippen LogP contribution in [0.1, 0.15) is 63.0 Å². The van der Waals surface area contributed by atoms with E-state index in [4.69, 9.17) is 5.73 Å². The molecule has 1 aromatic carbocycles. The van der Waals surface area contributed by atoms with Gasteiger partial charge in [0.1, 0.15) is 0 Å². The highest BCUT2D eigenvalue weighted by molar-refractivity contribution is 5.31. The number of aryl methyl sites for hydroxylation is 1. The van der Waals surface area contributed by atoms with E-state index in [0.717, 1.165) is 18.8 Å². The van der Waals surface area contributed by atoms with E-state index < -0.39 is 0 Å². The van der Waals surface area contributed by atoms with Crippen molar-refractivity contribution in [3.63, 3.8) is 0 Å². The minimum Gasteiger partial charge on any atom is -0.325 e. The Labute approximate surface area is 105 Å². The van der Waals surface area contributed by atoms with Crippen molar-refractivity contribution in [2.45, 2.75) is 63.8 Å². The zero-order chi connectivity index (χ0) is 12.3. The molecular formula is C16H25N. The zero-order valence-corrected chi connectivity index (χ0v) is 11.2. The van der Waals surface area contributed by atoms with E-state index in [9.17, 15) is 0 Å². The molecule has 0 saturated heterocycles. The number of rotatable bonds is 6. The second kappa shape index (κ2) is 5.22. The van der Waals surface area contributed by atoms with Gasteiger partial charge < -0.3 is 5.73 Å². The average Bonchev–Trinajstić information content (AvgIpc) is 3.08. The van der Waals surface area contributed by atoms with Gasteiger partial charge in [0.05, 0.1) is 0 Å². The van der Waals surface area contributed by atoms with E-state index in [-0.39, 0.29) is 5.54 Å². The van der Waals surface area contributed by atoms with Crippen LogP contribution >= 0.6 is 0 Å². The first-order valence-electron chi connectivity index (χ1n) is 7.05. The summed E-state index contributed by atoms with van der Waals surface area (Å²) in [5.41, 5.74) is 9.45. The Hall–Kier alpha value is -0.820. The van der Waals surface area contributed by atoms with Crippen LogP contribution in [0.5, 0.6) is 0 Å². The molecule has 0 spiro atoms. The van der Waals surface area contributed by atoms with Crippen molar-refractivity contribution < 1.29 is 0 Å². The molecule has 0 aromatic heterocycles. The molecule has 1 aliphatic rings. The molecule has 2 N–H and O–H groups in total. The van der Waals surface area contributed by atoms with E-state index >= 15 is 0 Å². The molecule has 1 saturated carbocycles. The van der Waals surface area contributed by atoms with Gasteiger partial charge in [-0.15, -0.1) is 0 Å². The molecule has 0 aliphatic heterocycles. The molecule has 0 unspecified atom stereocenters. The second-order valence-corrected chi connectivity index (χ2v) is 5.57. The Balaban J connectivity index is 2.09. The van der Waals surface area contributed by atoms with Crippen LogP contribution in [-0.2, 0) is 6.42 Å². The Bertz CT molecular complexity index is 362. The number of benzene rings is 1. The Kier molecular flexibility index (Phi) is 3.88. The molecule has 1 aromatic rings. The van der Waals surface area contributed by atoms with Crippen molar-refractivity contribution in [1.29, 1.82) is 0 Å². The monoisotopic (exact) mass is 231 g/mol. The molecule has 0 amide bonds. The van der Waals surface area contributed by atoms with Crippen molar-refractivity contribution >= 4 is 0 Å². The van der Waals surface area contributed by atoms with Gasteiger partial charge in [0, 0.05) is 5.54 Å². The Morgan fingerprint density at radius 1 is 1.18 bits per heavy atom. The summed E-state index contributed by atoms with van der Waals surface area (Å²) in [4.78, 5) is 0. The van der Waals surface area contributed by atoms with Crippen LogP contribution in [-0.4, -0.2) is 5.54 Å². The van der Waals surface area contributed by atoms with Crippen molar-refractivity contribution in [2.24, 2.45) is 5.73 Å². The third-order valence-electron chi connectivity index (χ3n) is 4.26. The summed E-state index contributed by atoms with van der Waals surface area (Å²) >= 11 is 0. The first-order valence-corrected chi connectivity index (χ1v) is 7.05. The van der Waals surface area contributed by atoms with Crippen molar-refractivity contribution in [3.05, 3.63) is 35.4 Å². The van der Waals surface area contributed by atoms with E-state index in [1.807, 2.05) is 0 Å². The SMILES string of the molecule is CCC(CC)c1ccccc1CCC1(N)CC1. The second-order valence-electron chi connectivity index (χ2n) is 5.57. The summed E-state index contributed by atoms with van der Waals surface area (Å²) in [5.74, 6) is 0.721. The van der Waals surface area contributed by atoms with Crippen LogP contribution in [0.25, 0.3) is 0 Å². The van der Waals surface area contributed by atoms with Gasteiger partial charge in [0.15, 0.2) is 0 Å². The summed E-state index contributed by atoms with van der Waals surface area (Å²) in [7, 11) is 0. The molecule has 1 nitrogen and oxygen atoms in total. The molecule has 1 aliphatic carbocycles. The van der Waals surface area contributed by atoms with E-state index in [0.29, 0.717) is 0 Å². The van der Waals surface area contributed by atoms with Gasteiger partial charge >= 0.3 is 0 Å². The third kappa shape index (κ3) is 3.10. The minimum absolute atomic E-state index is 0.182. The molecular weight excluding hydrogens is 206 g/mol. The maximum absolute atomic E-state index is 6.19. The smallest absolute Gasteiger partial charge is 0.0158 e. The zero-order valence-electron chi connectivity index (χ0n) is 11.2.